The number of carbonyl (C=O) groups excluding carboxylic acids is 1. The van der Waals surface area contributed by atoms with E-state index in [0.29, 0.717) is 32.2 Å². The van der Waals surface area contributed by atoms with Crippen molar-refractivity contribution < 1.29 is 19.8 Å². The maximum atomic E-state index is 12.2. The first-order valence-corrected chi connectivity index (χ1v) is 7.02. The third kappa shape index (κ3) is 3.58. The second kappa shape index (κ2) is 5.82. The summed E-state index contributed by atoms with van der Waals surface area (Å²) in [6.45, 7) is 0.312. The highest BCUT2D eigenvalue weighted by molar-refractivity contribution is 5.81. The molecule has 21 heavy (non-hydrogen) atoms. The number of terminal acetylenes is 1. The molecule has 0 aromatic carbocycles. The van der Waals surface area contributed by atoms with E-state index in [4.69, 9.17) is 11.5 Å². The van der Waals surface area contributed by atoms with E-state index >= 15 is 0 Å². The Morgan fingerprint density at radius 1 is 1.33 bits per heavy atom. The molecule has 114 valence electrons. The molecule has 2 aliphatic heterocycles. The van der Waals surface area contributed by atoms with Crippen LogP contribution in [0.15, 0.2) is 10.2 Å². The van der Waals surface area contributed by atoms with Crippen molar-refractivity contribution in [1.82, 2.24) is 4.90 Å². The first kappa shape index (κ1) is 15.4. The molecule has 0 radical (unpaired) electrons. The van der Waals surface area contributed by atoms with Crippen molar-refractivity contribution >= 4 is 11.9 Å². The maximum Gasteiger partial charge on any atom is 0.337 e. The van der Waals surface area contributed by atoms with E-state index in [-0.39, 0.29) is 25.3 Å². The molecular formula is C14H19N3O4. The smallest absolute Gasteiger partial charge is 0.337 e. The van der Waals surface area contributed by atoms with E-state index in [1.54, 1.807) is 0 Å². The van der Waals surface area contributed by atoms with Gasteiger partial charge in [0.15, 0.2) is 11.3 Å². The Labute approximate surface area is 123 Å². The van der Waals surface area contributed by atoms with Crippen LogP contribution in [0.3, 0.4) is 0 Å². The Balaban J connectivity index is 1.84. The van der Waals surface area contributed by atoms with E-state index in [2.05, 4.69) is 16.1 Å². The van der Waals surface area contributed by atoms with Crippen molar-refractivity contribution in [2.75, 3.05) is 13.1 Å². The van der Waals surface area contributed by atoms with Crippen molar-refractivity contribution in [2.45, 2.75) is 49.8 Å². The lowest BCUT2D eigenvalue weighted by Crippen LogP contribution is -2.54. The number of hydrogen-bond acceptors (Lipinski definition) is 5. The fraction of sp³-hybridized carbons (Fsp3) is 0.714. The minimum absolute atomic E-state index is 0.160. The molecule has 1 atom stereocenters. The molecule has 1 amide bonds. The van der Waals surface area contributed by atoms with Crippen LogP contribution in [0.25, 0.3) is 0 Å². The Kier molecular flexibility index (Phi) is 4.28. The van der Waals surface area contributed by atoms with E-state index in [1.807, 2.05) is 0 Å². The quantitative estimate of drug-likeness (QED) is 0.706. The van der Waals surface area contributed by atoms with E-state index < -0.39 is 17.2 Å². The summed E-state index contributed by atoms with van der Waals surface area (Å²) in [4.78, 5) is 24.6. The minimum Gasteiger partial charge on any atom is -0.479 e. The molecule has 0 saturated carbocycles. The average Bonchev–Trinajstić information content (AvgIpc) is 3.23. The number of aliphatic hydroxyl groups is 1. The van der Waals surface area contributed by atoms with Crippen molar-refractivity contribution in [2.24, 2.45) is 10.2 Å². The van der Waals surface area contributed by atoms with E-state index in [0.717, 1.165) is 0 Å². The zero-order valence-corrected chi connectivity index (χ0v) is 11.8. The predicted octanol–water partition coefficient (Wildman–Crippen LogP) is 0.780. The van der Waals surface area contributed by atoms with Crippen molar-refractivity contribution in [3.8, 4) is 12.3 Å². The largest absolute Gasteiger partial charge is 0.479 e. The third-order valence-corrected chi connectivity index (χ3v) is 4.01. The Morgan fingerprint density at radius 2 is 2.05 bits per heavy atom. The van der Waals surface area contributed by atoms with Gasteiger partial charge in [-0.15, -0.1) is 12.3 Å². The van der Waals surface area contributed by atoms with Gasteiger partial charge in [0.05, 0.1) is 6.54 Å². The first-order chi connectivity index (χ1) is 9.91. The predicted molar refractivity (Wildman–Crippen MR) is 73.3 cm³/mol. The number of aliphatic carboxylic acids is 1. The minimum atomic E-state index is -1.83. The van der Waals surface area contributed by atoms with Crippen LogP contribution in [0.1, 0.15) is 38.5 Å². The normalized spacial score (nSPS) is 26.2. The molecule has 0 spiro atoms. The molecule has 2 aliphatic rings. The van der Waals surface area contributed by atoms with Gasteiger partial charge in [-0.05, 0) is 12.8 Å². The van der Waals surface area contributed by atoms with Gasteiger partial charge in [-0.3, -0.25) is 4.79 Å². The van der Waals surface area contributed by atoms with Crippen LogP contribution in [0.4, 0.5) is 0 Å². The highest BCUT2D eigenvalue weighted by atomic mass is 16.4. The summed E-state index contributed by atoms with van der Waals surface area (Å²) in [6.07, 6.45) is 7.75. The molecular weight excluding hydrogens is 274 g/mol. The van der Waals surface area contributed by atoms with Crippen LogP contribution in [-0.4, -0.2) is 51.3 Å². The van der Waals surface area contributed by atoms with Crippen LogP contribution < -0.4 is 0 Å². The number of likely N-dealkylation sites (tertiary alicyclic amines) is 1. The molecule has 7 heteroatoms. The van der Waals surface area contributed by atoms with Crippen LogP contribution in [-0.2, 0) is 9.59 Å². The van der Waals surface area contributed by atoms with Gasteiger partial charge in [0.1, 0.15) is 0 Å². The summed E-state index contributed by atoms with van der Waals surface area (Å²) in [5.74, 6) is 1.07. The number of carboxylic acid groups (broad SMARTS) is 1. The van der Waals surface area contributed by atoms with Gasteiger partial charge in [0.25, 0.3) is 0 Å². The number of β-amino-alcohol motifs (C(OH)–C–C–N with tert-alkyl or cyclic N) is 1. The lowest BCUT2D eigenvalue weighted by molar-refractivity contribution is -0.166. The van der Waals surface area contributed by atoms with Gasteiger partial charge in [-0.25, -0.2) is 4.79 Å². The van der Waals surface area contributed by atoms with Crippen molar-refractivity contribution in [3.63, 3.8) is 0 Å². The average molecular weight is 293 g/mol. The number of rotatable bonds is 6. The van der Waals surface area contributed by atoms with Crippen molar-refractivity contribution in [1.29, 1.82) is 0 Å². The second-order valence-corrected chi connectivity index (χ2v) is 5.64. The second-order valence-electron chi connectivity index (χ2n) is 5.64. The first-order valence-electron chi connectivity index (χ1n) is 7.02. The van der Waals surface area contributed by atoms with Crippen LogP contribution in [0.2, 0.25) is 0 Å². The zero-order chi connectivity index (χ0) is 15.5. The SMILES string of the molecule is C#CCCC1(CCC(=O)N2CCCC(O)(C(=O)O)C2)N=N1. The highest BCUT2D eigenvalue weighted by Crippen LogP contribution is 2.37. The van der Waals surface area contributed by atoms with Gasteiger partial charge in [-0.1, -0.05) is 0 Å². The van der Waals surface area contributed by atoms with Crippen LogP contribution >= 0.6 is 0 Å². The summed E-state index contributed by atoms with van der Waals surface area (Å²) in [7, 11) is 0. The molecule has 0 bridgehead atoms. The maximum absolute atomic E-state index is 12.2. The molecule has 2 heterocycles. The third-order valence-electron chi connectivity index (χ3n) is 4.01. The number of hydrogen-bond donors (Lipinski definition) is 2. The summed E-state index contributed by atoms with van der Waals surface area (Å²) < 4.78 is 0. The number of amides is 1. The molecule has 2 N–H and O–H groups in total. The number of carboxylic acids is 1. The number of nitrogens with zero attached hydrogens (tertiary/aromatic N) is 3. The molecule has 0 aliphatic carbocycles. The summed E-state index contributed by atoms with van der Waals surface area (Å²) in [5.41, 5.74) is -2.34. The molecule has 7 nitrogen and oxygen atoms in total. The Hall–Kier alpha value is -1.94. The van der Waals surface area contributed by atoms with Gasteiger partial charge in [-0.2, -0.15) is 10.2 Å². The van der Waals surface area contributed by atoms with Crippen molar-refractivity contribution in [3.05, 3.63) is 0 Å². The molecule has 1 unspecified atom stereocenters. The summed E-state index contributed by atoms with van der Waals surface area (Å²) >= 11 is 0. The molecule has 1 saturated heterocycles. The van der Waals surface area contributed by atoms with Crippen LogP contribution in [0, 0.1) is 12.3 Å². The fourth-order valence-corrected chi connectivity index (χ4v) is 2.56. The molecule has 1 fully saturated rings. The fourth-order valence-electron chi connectivity index (χ4n) is 2.56. The van der Waals surface area contributed by atoms with Gasteiger partial charge in [0.2, 0.25) is 5.91 Å². The zero-order valence-electron chi connectivity index (χ0n) is 11.8. The Bertz CT molecular complexity index is 505. The van der Waals surface area contributed by atoms with Gasteiger partial charge in [0, 0.05) is 32.2 Å². The van der Waals surface area contributed by atoms with Gasteiger partial charge >= 0.3 is 5.97 Å². The highest BCUT2D eigenvalue weighted by Gasteiger charge is 2.43. The summed E-state index contributed by atoms with van der Waals surface area (Å²) in [6, 6.07) is 0. The standard InChI is InChI=1S/C14H19N3O4/c1-2-3-7-14(15-16-14)8-5-11(18)17-9-4-6-13(21,10-17)12(19)20/h1,21H,3-10H2,(H,19,20). The summed E-state index contributed by atoms with van der Waals surface area (Å²) in [5, 5.41) is 26.9. The lowest BCUT2D eigenvalue weighted by atomic mass is 9.92. The van der Waals surface area contributed by atoms with E-state index in [9.17, 15) is 14.7 Å². The molecule has 0 aromatic rings. The topological polar surface area (TPSA) is 103 Å². The molecule has 0 aromatic heterocycles. The van der Waals surface area contributed by atoms with Gasteiger partial charge < -0.3 is 15.1 Å². The monoisotopic (exact) mass is 293 g/mol. The van der Waals surface area contributed by atoms with Crippen LogP contribution in [0.5, 0.6) is 0 Å². The number of piperidine rings is 1. The Morgan fingerprint density at radius 3 is 2.62 bits per heavy atom. The lowest BCUT2D eigenvalue weighted by Gasteiger charge is -2.36. The molecule has 2 rings (SSSR count). The number of carbonyl (C=O) groups is 2. The van der Waals surface area contributed by atoms with E-state index in [1.165, 1.54) is 4.90 Å².